The molecule has 0 aliphatic rings. The molecule has 2 aromatic heterocycles. The number of fused-ring (bicyclic) bond motifs is 1. The van der Waals surface area contributed by atoms with Crippen LogP contribution in [0.1, 0.15) is 16.7 Å². The summed E-state index contributed by atoms with van der Waals surface area (Å²) in [5.74, 6) is 5.70. The molecule has 2 heterocycles. The molecule has 3 N–H and O–H groups in total. The number of hydrogen-bond donors (Lipinski definition) is 2. The zero-order valence-electron chi connectivity index (χ0n) is 10.6. The third-order valence-electron chi connectivity index (χ3n) is 3.18. The third kappa shape index (κ3) is 2.25. The van der Waals surface area contributed by atoms with Crippen molar-refractivity contribution in [2.45, 2.75) is 12.5 Å². The highest BCUT2D eigenvalue weighted by Crippen LogP contribution is 2.25. The molecular formula is C13H15N5S. The van der Waals surface area contributed by atoms with Gasteiger partial charge in [0.15, 0.2) is 0 Å². The molecule has 3 aromatic rings. The number of aromatic nitrogens is 3. The normalized spacial score (nSPS) is 12.9. The monoisotopic (exact) mass is 273 g/mol. The highest BCUT2D eigenvalue weighted by atomic mass is 32.1. The number of hydrazine groups is 1. The van der Waals surface area contributed by atoms with E-state index in [0.29, 0.717) is 0 Å². The van der Waals surface area contributed by atoms with Crippen LogP contribution < -0.4 is 11.3 Å². The predicted molar refractivity (Wildman–Crippen MR) is 76.6 cm³/mol. The van der Waals surface area contributed by atoms with Crippen molar-refractivity contribution < 1.29 is 0 Å². The lowest BCUT2D eigenvalue weighted by Crippen LogP contribution is -2.30. The largest absolute Gasteiger partial charge is 0.271 e. The number of rotatable bonds is 4. The minimum Gasteiger partial charge on any atom is -0.271 e. The maximum absolute atomic E-state index is 5.70. The van der Waals surface area contributed by atoms with Crippen molar-refractivity contribution in [2.75, 3.05) is 0 Å². The van der Waals surface area contributed by atoms with Crippen LogP contribution in [0.15, 0.2) is 35.8 Å². The van der Waals surface area contributed by atoms with E-state index < -0.39 is 0 Å². The first kappa shape index (κ1) is 12.3. The molecule has 0 amide bonds. The number of benzene rings is 1. The minimum atomic E-state index is -0.0303. The topological polar surface area (TPSA) is 68.8 Å². The Kier molecular flexibility index (Phi) is 3.29. The molecule has 0 saturated carbocycles. The molecule has 0 saturated heterocycles. The van der Waals surface area contributed by atoms with Gasteiger partial charge in [0.2, 0.25) is 0 Å². The quantitative estimate of drug-likeness (QED) is 0.561. The fourth-order valence-corrected chi connectivity index (χ4v) is 2.93. The lowest BCUT2D eigenvalue weighted by atomic mass is 10.1. The van der Waals surface area contributed by atoms with Crippen molar-refractivity contribution in [3.63, 3.8) is 0 Å². The van der Waals surface area contributed by atoms with Gasteiger partial charge in [0.25, 0.3) is 0 Å². The summed E-state index contributed by atoms with van der Waals surface area (Å²) < 4.78 is 1.89. The summed E-state index contributed by atoms with van der Waals surface area (Å²) in [5, 5.41) is 8.75. The number of hydrogen-bond acceptors (Lipinski definition) is 5. The molecule has 0 bridgehead atoms. The predicted octanol–water partition coefficient (Wildman–Crippen LogP) is 1.78. The number of nitrogens with two attached hydrogens (primary N) is 1. The summed E-state index contributed by atoms with van der Waals surface area (Å²) in [6, 6.07) is 8.13. The van der Waals surface area contributed by atoms with Crippen molar-refractivity contribution in [3.05, 3.63) is 46.5 Å². The van der Waals surface area contributed by atoms with Gasteiger partial charge in [-0.15, -0.1) is 11.3 Å². The van der Waals surface area contributed by atoms with Crippen molar-refractivity contribution in [1.82, 2.24) is 20.2 Å². The molecule has 1 atom stereocenters. The summed E-state index contributed by atoms with van der Waals surface area (Å²) >= 11 is 1.63. The maximum Gasteiger partial charge on any atom is 0.0944 e. The third-order valence-corrected chi connectivity index (χ3v) is 3.98. The first-order valence-electron chi connectivity index (χ1n) is 6.05. The number of nitrogens with one attached hydrogen (secondary N) is 1. The van der Waals surface area contributed by atoms with Gasteiger partial charge >= 0.3 is 0 Å². The van der Waals surface area contributed by atoms with E-state index in [1.807, 2.05) is 35.4 Å². The Morgan fingerprint density at radius 3 is 3.00 bits per heavy atom. The second-order valence-corrected chi connectivity index (χ2v) is 5.35. The molecule has 0 aliphatic carbocycles. The first-order valence-corrected chi connectivity index (χ1v) is 6.93. The van der Waals surface area contributed by atoms with E-state index >= 15 is 0 Å². The summed E-state index contributed by atoms with van der Waals surface area (Å²) in [5.41, 5.74) is 4.93. The standard InChI is InChI=1S/C13H15N5S/c1-18-11-5-3-2-4-9(11)13(17-18)10(16-14)8-12-15-6-7-19-12/h2-7,10,16H,8,14H2,1H3. The molecule has 3 rings (SSSR count). The molecule has 0 aliphatic heterocycles. The number of aryl methyl sites for hydroxylation is 1. The molecule has 0 radical (unpaired) electrons. The van der Waals surface area contributed by atoms with Gasteiger partial charge < -0.3 is 0 Å². The molecule has 0 spiro atoms. The van der Waals surface area contributed by atoms with Crippen LogP contribution in [-0.4, -0.2) is 14.8 Å². The molecule has 0 fully saturated rings. The van der Waals surface area contributed by atoms with Crippen LogP contribution in [0, 0.1) is 0 Å². The Morgan fingerprint density at radius 1 is 1.42 bits per heavy atom. The molecule has 1 aromatic carbocycles. The van der Waals surface area contributed by atoms with Crippen LogP contribution in [0.2, 0.25) is 0 Å². The van der Waals surface area contributed by atoms with Gasteiger partial charge in [-0.3, -0.25) is 16.0 Å². The zero-order valence-corrected chi connectivity index (χ0v) is 11.4. The molecular weight excluding hydrogens is 258 g/mol. The van der Waals surface area contributed by atoms with Gasteiger partial charge in [-0.25, -0.2) is 4.98 Å². The second-order valence-electron chi connectivity index (χ2n) is 4.38. The van der Waals surface area contributed by atoms with Crippen LogP contribution in [0.5, 0.6) is 0 Å². The zero-order chi connectivity index (χ0) is 13.2. The van der Waals surface area contributed by atoms with E-state index in [2.05, 4.69) is 27.6 Å². The first-order chi connectivity index (χ1) is 9.29. The SMILES string of the molecule is Cn1nc(C(Cc2nccs2)NN)c2ccccc21. The molecule has 98 valence electrons. The van der Waals surface area contributed by atoms with E-state index in [-0.39, 0.29) is 6.04 Å². The van der Waals surface area contributed by atoms with E-state index in [1.54, 1.807) is 11.3 Å². The minimum absolute atomic E-state index is 0.0303. The second kappa shape index (κ2) is 5.08. The highest BCUT2D eigenvalue weighted by molar-refractivity contribution is 7.09. The van der Waals surface area contributed by atoms with E-state index in [9.17, 15) is 0 Å². The van der Waals surface area contributed by atoms with E-state index in [0.717, 1.165) is 28.0 Å². The highest BCUT2D eigenvalue weighted by Gasteiger charge is 2.19. The van der Waals surface area contributed by atoms with E-state index in [4.69, 9.17) is 5.84 Å². The lowest BCUT2D eigenvalue weighted by molar-refractivity contribution is 0.531. The van der Waals surface area contributed by atoms with Crippen LogP contribution in [0.4, 0.5) is 0 Å². The van der Waals surface area contributed by atoms with Gasteiger partial charge in [0, 0.05) is 30.4 Å². The molecule has 6 heteroatoms. The van der Waals surface area contributed by atoms with Gasteiger partial charge in [0.05, 0.1) is 22.3 Å². The van der Waals surface area contributed by atoms with Gasteiger partial charge in [-0.05, 0) is 6.07 Å². The lowest BCUT2D eigenvalue weighted by Gasteiger charge is -2.12. The van der Waals surface area contributed by atoms with Crippen LogP contribution in [0.25, 0.3) is 10.9 Å². The molecule has 5 nitrogen and oxygen atoms in total. The summed E-state index contributed by atoms with van der Waals surface area (Å²) in [6.07, 6.45) is 2.55. The summed E-state index contributed by atoms with van der Waals surface area (Å²) in [4.78, 5) is 4.30. The van der Waals surface area contributed by atoms with Gasteiger partial charge in [-0.1, -0.05) is 18.2 Å². The van der Waals surface area contributed by atoms with Crippen molar-refractivity contribution >= 4 is 22.2 Å². The Hall–Kier alpha value is -1.76. The Bertz CT molecular complexity index is 673. The average molecular weight is 273 g/mol. The Balaban J connectivity index is 2.01. The van der Waals surface area contributed by atoms with Crippen molar-refractivity contribution in [2.24, 2.45) is 12.9 Å². The Labute approximate surface area is 115 Å². The van der Waals surface area contributed by atoms with Crippen LogP contribution in [0.3, 0.4) is 0 Å². The fourth-order valence-electron chi connectivity index (χ4n) is 2.26. The smallest absolute Gasteiger partial charge is 0.0944 e. The van der Waals surface area contributed by atoms with Crippen LogP contribution in [-0.2, 0) is 13.5 Å². The van der Waals surface area contributed by atoms with Crippen molar-refractivity contribution in [3.8, 4) is 0 Å². The van der Waals surface area contributed by atoms with Gasteiger partial charge in [-0.2, -0.15) is 5.10 Å². The van der Waals surface area contributed by atoms with Crippen LogP contribution >= 0.6 is 11.3 Å². The maximum atomic E-state index is 5.70. The van der Waals surface area contributed by atoms with E-state index in [1.165, 1.54) is 0 Å². The fraction of sp³-hybridized carbons (Fsp3) is 0.231. The number of thiazole rings is 1. The van der Waals surface area contributed by atoms with Crippen molar-refractivity contribution in [1.29, 1.82) is 0 Å². The molecule has 19 heavy (non-hydrogen) atoms. The summed E-state index contributed by atoms with van der Waals surface area (Å²) in [7, 11) is 1.95. The van der Waals surface area contributed by atoms with Gasteiger partial charge in [0.1, 0.15) is 0 Å². The molecule has 1 unspecified atom stereocenters. The summed E-state index contributed by atoms with van der Waals surface area (Å²) in [6.45, 7) is 0. The number of nitrogens with zero attached hydrogens (tertiary/aromatic N) is 3. The average Bonchev–Trinajstić information content (AvgIpc) is 3.05. The Morgan fingerprint density at radius 2 is 2.26 bits per heavy atom. The number of para-hydroxylation sites is 1.